The minimum absolute atomic E-state index is 0.592. The Kier molecular flexibility index (Phi) is 7.10. The van der Waals surface area contributed by atoms with Crippen LogP contribution in [0.25, 0.3) is 0 Å². The Morgan fingerprint density at radius 1 is 1.25 bits per heavy atom. The summed E-state index contributed by atoms with van der Waals surface area (Å²) in [7, 11) is -0.845. The third-order valence-corrected chi connectivity index (χ3v) is 2.52. The molecule has 12 heavy (non-hydrogen) atoms. The van der Waals surface area contributed by atoms with Gasteiger partial charge >= 0.3 is 0 Å². The Hall–Kier alpha value is -0.343. The van der Waals surface area contributed by atoms with Crippen LogP contribution in [0.4, 0.5) is 0 Å². The molecule has 0 aliphatic rings. The molecule has 0 atom stereocenters. The molecule has 0 heterocycles. The molecule has 0 bridgehead atoms. The van der Waals surface area contributed by atoms with Gasteiger partial charge in [-0.2, -0.15) is 0 Å². The fraction of sp³-hybridized carbons (Fsp3) is 0.600. The zero-order chi connectivity index (χ0) is 9.40. The molecule has 0 saturated heterocycles. The van der Waals surface area contributed by atoms with Crippen LogP contribution in [0, 0.1) is 5.92 Å². The van der Waals surface area contributed by atoms with Crippen LogP contribution >= 0.6 is 0 Å². The monoisotopic (exact) mass is 184 g/mol. The van der Waals surface area contributed by atoms with E-state index in [1.165, 1.54) is 0 Å². The molecule has 0 spiro atoms. The molecule has 0 radical (unpaired) electrons. The van der Waals surface area contributed by atoms with Crippen molar-refractivity contribution in [3.8, 4) is 0 Å². The first kappa shape index (κ1) is 11.7. The Balaban J connectivity index is 3.61. The van der Waals surface area contributed by atoms with Crippen molar-refractivity contribution in [2.75, 3.05) is 6.61 Å². The van der Waals surface area contributed by atoms with Crippen LogP contribution in [0.5, 0.6) is 0 Å². The van der Waals surface area contributed by atoms with Crippen molar-refractivity contribution in [3.63, 3.8) is 0 Å². The maximum Gasteiger partial charge on any atom is 0.170 e. The number of hydrogen-bond donors (Lipinski definition) is 0. The molecule has 0 saturated carbocycles. The predicted octanol–water partition coefficient (Wildman–Crippen LogP) is 2.75. The highest BCUT2D eigenvalue weighted by atomic mass is 28.3. The van der Waals surface area contributed by atoms with Crippen molar-refractivity contribution in [1.29, 1.82) is 0 Å². The van der Waals surface area contributed by atoms with Crippen molar-refractivity contribution in [2.45, 2.75) is 25.9 Å². The maximum absolute atomic E-state index is 5.65. The Bertz CT molecular complexity index is 122. The number of allylic oxidation sites excluding steroid dienone is 2. The van der Waals surface area contributed by atoms with Crippen molar-refractivity contribution in [3.05, 3.63) is 25.3 Å². The molecule has 0 amide bonds. The second-order valence-electron chi connectivity index (χ2n) is 3.30. The predicted molar refractivity (Wildman–Crippen MR) is 57.9 cm³/mol. The molecule has 2 heteroatoms. The van der Waals surface area contributed by atoms with Gasteiger partial charge in [-0.05, 0) is 31.9 Å². The molecule has 0 rings (SSSR count). The molecule has 0 fully saturated rings. The summed E-state index contributed by atoms with van der Waals surface area (Å²) >= 11 is 0. The highest BCUT2D eigenvalue weighted by Gasteiger charge is 2.05. The third-order valence-electron chi connectivity index (χ3n) is 1.67. The second kappa shape index (κ2) is 7.31. The van der Waals surface area contributed by atoms with Crippen LogP contribution < -0.4 is 0 Å². The summed E-state index contributed by atoms with van der Waals surface area (Å²) in [6.07, 6.45) is 5.99. The molecule has 0 N–H and O–H groups in total. The van der Waals surface area contributed by atoms with Crippen LogP contribution in [-0.4, -0.2) is 15.6 Å². The Morgan fingerprint density at radius 3 is 2.08 bits per heavy atom. The first-order valence-electron chi connectivity index (χ1n) is 4.54. The highest BCUT2D eigenvalue weighted by Crippen LogP contribution is 2.10. The van der Waals surface area contributed by atoms with Gasteiger partial charge in [0.2, 0.25) is 0 Å². The quantitative estimate of drug-likeness (QED) is 0.437. The Morgan fingerprint density at radius 2 is 1.75 bits per heavy atom. The second-order valence-corrected chi connectivity index (χ2v) is 5.73. The molecule has 0 aromatic carbocycles. The lowest BCUT2D eigenvalue weighted by Gasteiger charge is -2.14. The standard InChI is InChI=1S/C10H20OSi/c1-5-7-10(8-6-2)9-11-12(3)4/h5-6,10,12H,1-2,7-9H2,3-4H3. The van der Waals surface area contributed by atoms with Crippen LogP contribution in [0.15, 0.2) is 25.3 Å². The van der Waals surface area contributed by atoms with E-state index in [1.807, 2.05) is 12.2 Å². The van der Waals surface area contributed by atoms with Crippen molar-refractivity contribution >= 4 is 9.04 Å². The summed E-state index contributed by atoms with van der Waals surface area (Å²) in [5.74, 6) is 0.592. The zero-order valence-electron chi connectivity index (χ0n) is 8.25. The van der Waals surface area contributed by atoms with E-state index in [9.17, 15) is 0 Å². The van der Waals surface area contributed by atoms with Gasteiger partial charge in [0.15, 0.2) is 9.04 Å². The van der Waals surface area contributed by atoms with Crippen LogP contribution in [-0.2, 0) is 4.43 Å². The average Bonchev–Trinajstić information content (AvgIpc) is 2.01. The van der Waals surface area contributed by atoms with Crippen molar-refractivity contribution < 1.29 is 4.43 Å². The van der Waals surface area contributed by atoms with Crippen LogP contribution in [0.1, 0.15) is 12.8 Å². The first-order chi connectivity index (χ1) is 5.70. The lowest BCUT2D eigenvalue weighted by Crippen LogP contribution is -2.15. The Labute approximate surface area is 77.9 Å². The van der Waals surface area contributed by atoms with Gasteiger partial charge in [-0.3, -0.25) is 0 Å². The minimum atomic E-state index is -0.845. The van der Waals surface area contributed by atoms with Gasteiger partial charge in [-0.1, -0.05) is 12.2 Å². The smallest absolute Gasteiger partial charge is 0.170 e. The lowest BCUT2D eigenvalue weighted by molar-refractivity contribution is 0.255. The van der Waals surface area contributed by atoms with E-state index in [0.29, 0.717) is 5.92 Å². The van der Waals surface area contributed by atoms with Crippen molar-refractivity contribution in [1.82, 2.24) is 0 Å². The van der Waals surface area contributed by atoms with Gasteiger partial charge in [0.05, 0.1) is 0 Å². The molecule has 70 valence electrons. The molecular weight excluding hydrogens is 164 g/mol. The van der Waals surface area contributed by atoms with E-state index in [0.717, 1.165) is 19.4 Å². The molecule has 0 aliphatic carbocycles. The zero-order valence-corrected chi connectivity index (χ0v) is 9.41. The molecular formula is C10H20OSi. The van der Waals surface area contributed by atoms with E-state index >= 15 is 0 Å². The van der Waals surface area contributed by atoms with Crippen molar-refractivity contribution in [2.24, 2.45) is 5.92 Å². The highest BCUT2D eigenvalue weighted by molar-refractivity contribution is 6.48. The normalized spacial score (nSPS) is 10.7. The molecule has 1 nitrogen and oxygen atoms in total. The number of hydrogen-bond acceptors (Lipinski definition) is 1. The van der Waals surface area contributed by atoms with Gasteiger partial charge in [0.25, 0.3) is 0 Å². The largest absolute Gasteiger partial charge is 0.420 e. The van der Waals surface area contributed by atoms with Gasteiger partial charge in [0, 0.05) is 6.61 Å². The summed E-state index contributed by atoms with van der Waals surface area (Å²) < 4.78 is 5.65. The van der Waals surface area contributed by atoms with E-state index in [-0.39, 0.29) is 0 Å². The number of rotatable bonds is 7. The third kappa shape index (κ3) is 6.37. The van der Waals surface area contributed by atoms with E-state index < -0.39 is 9.04 Å². The lowest BCUT2D eigenvalue weighted by atomic mass is 10.0. The molecule has 0 aliphatic heterocycles. The summed E-state index contributed by atoms with van der Waals surface area (Å²) in [6, 6.07) is 0. The molecule has 0 aromatic heterocycles. The van der Waals surface area contributed by atoms with Crippen LogP contribution in [0.3, 0.4) is 0 Å². The van der Waals surface area contributed by atoms with E-state index in [2.05, 4.69) is 26.3 Å². The fourth-order valence-corrected chi connectivity index (χ4v) is 1.69. The SMILES string of the molecule is C=CCC(CC=C)CO[SiH](C)C. The van der Waals surface area contributed by atoms with E-state index in [4.69, 9.17) is 4.43 Å². The van der Waals surface area contributed by atoms with Gasteiger partial charge in [-0.15, -0.1) is 13.2 Å². The summed E-state index contributed by atoms with van der Waals surface area (Å²) in [6.45, 7) is 12.7. The van der Waals surface area contributed by atoms with Crippen LogP contribution in [0.2, 0.25) is 13.1 Å². The van der Waals surface area contributed by atoms with Gasteiger partial charge in [-0.25, -0.2) is 0 Å². The first-order valence-corrected chi connectivity index (χ1v) is 7.32. The molecule has 0 aromatic rings. The van der Waals surface area contributed by atoms with Gasteiger partial charge in [0.1, 0.15) is 0 Å². The molecule has 0 unspecified atom stereocenters. The average molecular weight is 184 g/mol. The summed E-state index contributed by atoms with van der Waals surface area (Å²) in [5, 5.41) is 0. The topological polar surface area (TPSA) is 9.23 Å². The fourth-order valence-electron chi connectivity index (χ4n) is 1.03. The minimum Gasteiger partial charge on any atom is -0.420 e. The maximum atomic E-state index is 5.65. The summed E-state index contributed by atoms with van der Waals surface area (Å²) in [4.78, 5) is 0. The summed E-state index contributed by atoms with van der Waals surface area (Å²) in [5.41, 5.74) is 0. The van der Waals surface area contributed by atoms with Gasteiger partial charge < -0.3 is 4.43 Å². The van der Waals surface area contributed by atoms with E-state index in [1.54, 1.807) is 0 Å².